The standard InChI is InChI=1S/C21H21F3N2O2/c22-17-5-2-1-4-16(17)21(28)26-11-3-10-25(12-13-26)20(27)9-7-15-6-8-18(23)19(24)14-15/h1-2,4-6,8,14H,3,7,9-13H2. The molecule has 2 amide bonds. The van der Waals surface area contributed by atoms with Gasteiger partial charge in [0.25, 0.3) is 5.91 Å². The van der Waals surface area contributed by atoms with E-state index in [4.69, 9.17) is 0 Å². The Morgan fingerprint density at radius 3 is 2.29 bits per heavy atom. The summed E-state index contributed by atoms with van der Waals surface area (Å²) in [4.78, 5) is 28.2. The van der Waals surface area contributed by atoms with Gasteiger partial charge in [-0.05, 0) is 42.7 Å². The summed E-state index contributed by atoms with van der Waals surface area (Å²) in [6.45, 7) is 1.62. The molecule has 0 aromatic heterocycles. The van der Waals surface area contributed by atoms with E-state index in [0.29, 0.717) is 44.6 Å². The number of rotatable bonds is 4. The molecule has 1 aliphatic heterocycles. The molecule has 0 radical (unpaired) electrons. The average Bonchev–Trinajstić information content (AvgIpc) is 2.95. The zero-order valence-electron chi connectivity index (χ0n) is 15.3. The lowest BCUT2D eigenvalue weighted by atomic mass is 10.1. The van der Waals surface area contributed by atoms with Crippen LogP contribution >= 0.6 is 0 Å². The van der Waals surface area contributed by atoms with Crippen molar-refractivity contribution in [3.05, 3.63) is 71.0 Å². The van der Waals surface area contributed by atoms with Crippen molar-refractivity contribution in [2.24, 2.45) is 0 Å². The highest BCUT2D eigenvalue weighted by Crippen LogP contribution is 2.15. The number of halogens is 3. The highest BCUT2D eigenvalue weighted by Gasteiger charge is 2.24. The summed E-state index contributed by atoms with van der Waals surface area (Å²) in [7, 11) is 0. The number of carbonyl (C=O) groups is 2. The summed E-state index contributed by atoms with van der Waals surface area (Å²) in [5.41, 5.74) is 0.582. The third kappa shape index (κ3) is 4.71. The first-order valence-corrected chi connectivity index (χ1v) is 9.21. The van der Waals surface area contributed by atoms with Gasteiger partial charge in [0, 0.05) is 32.6 Å². The summed E-state index contributed by atoms with van der Waals surface area (Å²) < 4.78 is 40.1. The van der Waals surface area contributed by atoms with Crippen molar-refractivity contribution in [1.29, 1.82) is 0 Å². The van der Waals surface area contributed by atoms with Gasteiger partial charge in [-0.3, -0.25) is 9.59 Å². The molecule has 0 bridgehead atoms. The number of aryl methyl sites for hydroxylation is 1. The Balaban J connectivity index is 1.55. The van der Waals surface area contributed by atoms with Gasteiger partial charge in [0.15, 0.2) is 11.6 Å². The number of amides is 2. The van der Waals surface area contributed by atoms with Crippen molar-refractivity contribution >= 4 is 11.8 Å². The predicted molar refractivity (Wildman–Crippen MR) is 98.2 cm³/mol. The van der Waals surface area contributed by atoms with E-state index in [0.717, 1.165) is 12.1 Å². The molecule has 2 aromatic carbocycles. The van der Waals surface area contributed by atoms with Gasteiger partial charge in [-0.2, -0.15) is 0 Å². The van der Waals surface area contributed by atoms with Crippen molar-refractivity contribution in [3.8, 4) is 0 Å². The molecule has 28 heavy (non-hydrogen) atoms. The number of hydrogen-bond donors (Lipinski definition) is 0. The van der Waals surface area contributed by atoms with Crippen molar-refractivity contribution in [1.82, 2.24) is 9.80 Å². The fourth-order valence-corrected chi connectivity index (χ4v) is 3.28. The quantitative estimate of drug-likeness (QED) is 0.803. The minimum atomic E-state index is -0.929. The Morgan fingerprint density at radius 2 is 1.54 bits per heavy atom. The SMILES string of the molecule is O=C(CCc1ccc(F)c(F)c1)N1CCCN(C(=O)c2ccccc2F)CC1. The van der Waals surface area contributed by atoms with Crippen LogP contribution in [0.5, 0.6) is 0 Å². The van der Waals surface area contributed by atoms with Crippen LogP contribution in [0.25, 0.3) is 0 Å². The van der Waals surface area contributed by atoms with Gasteiger partial charge in [0.2, 0.25) is 5.91 Å². The maximum atomic E-state index is 13.9. The first kappa shape index (κ1) is 19.9. The second kappa shape index (κ2) is 8.91. The van der Waals surface area contributed by atoms with E-state index in [9.17, 15) is 22.8 Å². The van der Waals surface area contributed by atoms with Crippen LogP contribution in [0.3, 0.4) is 0 Å². The molecule has 0 unspecified atom stereocenters. The fraction of sp³-hybridized carbons (Fsp3) is 0.333. The minimum absolute atomic E-state index is 0.0283. The second-order valence-corrected chi connectivity index (χ2v) is 6.75. The van der Waals surface area contributed by atoms with Crippen LogP contribution in [-0.4, -0.2) is 47.8 Å². The molecule has 7 heteroatoms. The Labute approximate surface area is 161 Å². The van der Waals surface area contributed by atoms with Crippen molar-refractivity contribution in [3.63, 3.8) is 0 Å². The van der Waals surface area contributed by atoms with Gasteiger partial charge >= 0.3 is 0 Å². The molecule has 0 N–H and O–H groups in total. The van der Waals surface area contributed by atoms with Crippen LogP contribution < -0.4 is 0 Å². The lowest BCUT2D eigenvalue weighted by Gasteiger charge is -2.22. The highest BCUT2D eigenvalue weighted by molar-refractivity contribution is 5.94. The predicted octanol–water partition coefficient (Wildman–Crippen LogP) is 3.41. The first-order chi connectivity index (χ1) is 13.5. The summed E-state index contributed by atoms with van der Waals surface area (Å²) in [5.74, 6) is -2.89. The molecule has 1 heterocycles. The Hall–Kier alpha value is -2.83. The normalized spacial score (nSPS) is 14.7. The van der Waals surface area contributed by atoms with Gasteiger partial charge in [-0.1, -0.05) is 18.2 Å². The van der Waals surface area contributed by atoms with Crippen LogP contribution in [0.15, 0.2) is 42.5 Å². The Bertz CT molecular complexity index is 872. The van der Waals surface area contributed by atoms with Gasteiger partial charge in [0.1, 0.15) is 5.82 Å². The van der Waals surface area contributed by atoms with E-state index < -0.39 is 17.5 Å². The molecule has 2 aromatic rings. The minimum Gasteiger partial charge on any atom is -0.341 e. The lowest BCUT2D eigenvalue weighted by molar-refractivity contribution is -0.131. The molecule has 4 nitrogen and oxygen atoms in total. The molecule has 0 saturated carbocycles. The van der Waals surface area contributed by atoms with Crippen LogP contribution in [0.2, 0.25) is 0 Å². The topological polar surface area (TPSA) is 40.6 Å². The van der Waals surface area contributed by atoms with Gasteiger partial charge in [0.05, 0.1) is 5.56 Å². The third-order valence-corrected chi connectivity index (χ3v) is 4.85. The zero-order valence-corrected chi connectivity index (χ0v) is 15.3. The smallest absolute Gasteiger partial charge is 0.256 e. The summed E-state index contributed by atoms with van der Waals surface area (Å²) >= 11 is 0. The first-order valence-electron chi connectivity index (χ1n) is 9.21. The molecule has 3 rings (SSSR count). The average molecular weight is 390 g/mol. The largest absolute Gasteiger partial charge is 0.341 e. The Morgan fingerprint density at radius 1 is 0.821 bits per heavy atom. The summed E-state index contributed by atoms with van der Waals surface area (Å²) in [5, 5.41) is 0. The zero-order chi connectivity index (χ0) is 20.1. The molecule has 0 aliphatic carbocycles. The fourth-order valence-electron chi connectivity index (χ4n) is 3.28. The number of hydrogen-bond acceptors (Lipinski definition) is 2. The number of benzene rings is 2. The highest BCUT2D eigenvalue weighted by atomic mass is 19.2. The van der Waals surface area contributed by atoms with Crippen LogP contribution in [0, 0.1) is 17.5 Å². The van der Waals surface area contributed by atoms with E-state index >= 15 is 0 Å². The molecule has 1 saturated heterocycles. The number of nitrogens with zero attached hydrogens (tertiary/aromatic N) is 2. The second-order valence-electron chi connectivity index (χ2n) is 6.75. The molecule has 1 fully saturated rings. The summed E-state index contributed by atoms with van der Waals surface area (Å²) in [6, 6.07) is 9.45. The van der Waals surface area contributed by atoms with Gasteiger partial charge < -0.3 is 9.80 Å². The monoisotopic (exact) mass is 390 g/mol. The van der Waals surface area contributed by atoms with E-state index in [-0.39, 0.29) is 23.8 Å². The maximum absolute atomic E-state index is 13.9. The maximum Gasteiger partial charge on any atom is 0.256 e. The molecule has 0 atom stereocenters. The van der Waals surface area contributed by atoms with E-state index in [1.807, 2.05) is 0 Å². The van der Waals surface area contributed by atoms with Crippen molar-refractivity contribution in [2.45, 2.75) is 19.3 Å². The van der Waals surface area contributed by atoms with Crippen LogP contribution in [-0.2, 0) is 11.2 Å². The molecule has 1 aliphatic rings. The van der Waals surface area contributed by atoms with E-state index in [1.165, 1.54) is 24.3 Å². The van der Waals surface area contributed by atoms with Crippen molar-refractivity contribution < 1.29 is 22.8 Å². The third-order valence-electron chi connectivity index (χ3n) is 4.85. The molecular weight excluding hydrogens is 369 g/mol. The van der Waals surface area contributed by atoms with Crippen molar-refractivity contribution in [2.75, 3.05) is 26.2 Å². The number of carbonyl (C=O) groups excluding carboxylic acids is 2. The van der Waals surface area contributed by atoms with Gasteiger partial charge in [-0.25, -0.2) is 13.2 Å². The molecular formula is C21H21F3N2O2. The molecule has 148 valence electrons. The summed E-state index contributed by atoms with van der Waals surface area (Å²) in [6.07, 6.45) is 1.08. The Kier molecular flexibility index (Phi) is 6.34. The van der Waals surface area contributed by atoms with E-state index in [1.54, 1.807) is 15.9 Å². The van der Waals surface area contributed by atoms with Gasteiger partial charge in [-0.15, -0.1) is 0 Å². The lowest BCUT2D eigenvalue weighted by Crippen LogP contribution is -2.37. The van der Waals surface area contributed by atoms with Crippen LogP contribution in [0.1, 0.15) is 28.8 Å². The van der Waals surface area contributed by atoms with Crippen LogP contribution in [0.4, 0.5) is 13.2 Å². The molecule has 0 spiro atoms. The van der Waals surface area contributed by atoms with E-state index in [2.05, 4.69) is 0 Å².